The summed E-state index contributed by atoms with van der Waals surface area (Å²) in [6.07, 6.45) is 1.60. The van der Waals surface area contributed by atoms with Gasteiger partial charge in [-0.25, -0.2) is 0 Å². The third-order valence-electron chi connectivity index (χ3n) is 3.41. The van der Waals surface area contributed by atoms with E-state index in [0.717, 1.165) is 23.3 Å². The number of amides is 1. The highest BCUT2D eigenvalue weighted by Gasteiger charge is 2.31. The molecule has 0 aromatic heterocycles. The van der Waals surface area contributed by atoms with Crippen LogP contribution >= 0.6 is 12.6 Å². The second kappa shape index (κ2) is 4.94. The van der Waals surface area contributed by atoms with Crippen molar-refractivity contribution in [1.82, 2.24) is 4.90 Å². The van der Waals surface area contributed by atoms with Crippen LogP contribution in [0.5, 0.6) is 0 Å². The molecule has 0 radical (unpaired) electrons. The lowest BCUT2D eigenvalue weighted by atomic mass is 9.94. The second-order valence-corrected chi connectivity index (χ2v) is 5.84. The van der Waals surface area contributed by atoms with Gasteiger partial charge in [-0.3, -0.25) is 4.79 Å². The molecule has 4 heteroatoms. The summed E-state index contributed by atoms with van der Waals surface area (Å²) in [4.78, 5) is 15.0. The van der Waals surface area contributed by atoms with E-state index in [4.69, 9.17) is 0 Å². The van der Waals surface area contributed by atoms with Crippen LogP contribution < -0.4 is 0 Å². The van der Waals surface area contributed by atoms with Gasteiger partial charge < -0.3 is 10.0 Å². The molecule has 1 aliphatic heterocycles. The van der Waals surface area contributed by atoms with E-state index in [9.17, 15) is 9.90 Å². The maximum atomic E-state index is 12.4. The number of rotatable bonds is 1. The van der Waals surface area contributed by atoms with E-state index in [1.54, 1.807) is 17.9 Å². The van der Waals surface area contributed by atoms with Crippen molar-refractivity contribution in [3.05, 3.63) is 29.3 Å². The predicted octanol–water partition coefficient (Wildman–Crippen LogP) is 2.27. The van der Waals surface area contributed by atoms with Crippen molar-refractivity contribution in [2.75, 3.05) is 13.1 Å². The zero-order valence-corrected chi connectivity index (χ0v) is 11.7. The van der Waals surface area contributed by atoms with Crippen LogP contribution in [0, 0.1) is 6.92 Å². The monoisotopic (exact) mass is 265 g/mol. The quantitative estimate of drug-likeness (QED) is 0.765. The number of hydrogen-bond acceptors (Lipinski definition) is 3. The van der Waals surface area contributed by atoms with Gasteiger partial charge in [-0.1, -0.05) is 6.07 Å². The van der Waals surface area contributed by atoms with Crippen molar-refractivity contribution in [2.45, 2.75) is 37.2 Å². The van der Waals surface area contributed by atoms with Crippen molar-refractivity contribution in [3.63, 3.8) is 0 Å². The number of piperidine rings is 1. The van der Waals surface area contributed by atoms with Crippen LogP contribution in [0.15, 0.2) is 23.1 Å². The maximum absolute atomic E-state index is 12.4. The highest BCUT2D eigenvalue weighted by Crippen LogP contribution is 2.23. The van der Waals surface area contributed by atoms with E-state index < -0.39 is 5.60 Å². The SMILES string of the molecule is Cc1ccc(S)cc1C(=O)N1CCCC(C)(O)C1. The first kappa shape index (κ1) is 13.4. The fourth-order valence-corrected chi connectivity index (χ4v) is 2.61. The van der Waals surface area contributed by atoms with Gasteiger partial charge in [-0.05, 0) is 44.4 Å². The molecule has 1 unspecified atom stereocenters. The molecule has 2 rings (SSSR count). The van der Waals surface area contributed by atoms with Gasteiger partial charge in [-0.15, -0.1) is 12.6 Å². The van der Waals surface area contributed by atoms with Crippen LogP contribution in [-0.2, 0) is 0 Å². The van der Waals surface area contributed by atoms with Crippen LogP contribution in [0.2, 0.25) is 0 Å². The van der Waals surface area contributed by atoms with E-state index in [2.05, 4.69) is 12.6 Å². The molecule has 1 aliphatic rings. The summed E-state index contributed by atoms with van der Waals surface area (Å²) in [6.45, 7) is 4.82. The van der Waals surface area contributed by atoms with Crippen molar-refractivity contribution in [1.29, 1.82) is 0 Å². The Morgan fingerprint density at radius 1 is 1.50 bits per heavy atom. The Balaban J connectivity index is 2.23. The topological polar surface area (TPSA) is 40.5 Å². The Kier molecular flexibility index (Phi) is 3.69. The molecule has 1 fully saturated rings. The highest BCUT2D eigenvalue weighted by atomic mass is 32.1. The van der Waals surface area contributed by atoms with E-state index in [-0.39, 0.29) is 5.91 Å². The first-order valence-electron chi connectivity index (χ1n) is 6.20. The summed E-state index contributed by atoms with van der Waals surface area (Å²) in [5.74, 6) is -0.0108. The van der Waals surface area contributed by atoms with Gasteiger partial charge in [-0.2, -0.15) is 0 Å². The van der Waals surface area contributed by atoms with Crippen molar-refractivity contribution >= 4 is 18.5 Å². The summed E-state index contributed by atoms with van der Waals surface area (Å²) >= 11 is 4.27. The molecule has 98 valence electrons. The number of likely N-dealkylation sites (tertiary alicyclic amines) is 1. The molecule has 1 saturated heterocycles. The zero-order chi connectivity index (χ0) is 13.3. The Hall–Kier alpha value is -1.00. The number of thiol groups is 1. The van der Waals surface area contributed by atoms with Crippen LogP contribution in [0.4, 0.5) is 0 Å². The zero-order valence-electron chi connectivity index (χ0n) is 10.8. The van der Waals surface area contributed by atoms with Crippen LogP contribution in [0.25, 0.3) is 0 Å². The number of nitrogens with zero attached hydrogens (tertiary/aromatic N) is 1. The van der Waals surface area contributed by atoms with Gasteiger partial charge in [0.15, 0.2) is 0 Å². The largest absolute Gasteiger partial charge is 0.388 e. The van der Waals surface area contributed by atoms with Gasteiger partial charge in [0, 0.05) is 23.5 Å². The molecule has 0 spiro atoms. The predicted molar refractivity (Wildman–Crippen MR) is 74.2 cm³/mol. The molecule has 3 nitrogen and oxygen atoms in total. The van der Waals surface area contributed by atoms with Gasteiger partial charge in [0.1, 0.15) is 0 Å². The lowest BCUT2D eigenvalue weighted by Gasteiger charge is -2.37. The molecule has 1 amide bonds. The molecular weight excluding hydrogens is 246 g/mol. The molecule has 1 aromatic rings. The third-order valence-corrected chi connectivity index (χ3v) is 3.69. The normalized spacial score (nSPS) is 24.1. The average molecular weight is 265 g/mol. The first-order valence-corrected chi connectivity index (χ1v) is 6.65. The van der Waals surface area contributed by atoms with E-state index in [1.807, 2.05) is 19.1 Å². The number of carbonyl (C=O) groups excluding carboxylic acids is 1. The van der Waals surface area contributed by atoms with Crippen molar-refractivity contribution in [2.24, 2.45) is 0 Å². The Labute approximate surface area is 113 Å². The molecule has 0 aliphatic carbocycles. The van der Waals surface area contributed by atoms with E-state index in [1.165, 1.54) is 0 Å². The minimum atomic E-state index is -0.764. The smallest absolute Gasteiger partial charge is 0.254 e. The van der Waals surface area contributed by atoms with E-state index >= 15 is 0 Å². The maximum Gasteiger partial charge on any atom is 0.254 e. The lowest BCUT2D eigenvalue weighted by Crippen LogP contribution is -2.48. The fourth-order valence-electron chi connectivity index (χ4n) is 2.40. The molecular formula is C14H19NO2S. The van der Waals surface area contributed by atoms with Crippen molar-refractivity contribution < 1.29 is 9.90 Å². The van der Waals surface area contributed by atoms with Crippen molar-refractivity contribution in [3.8, 4) is 0 Å². The Morgan fingerprint density at radius 3 is 2.89 bits per heavy atom. The Morgan fingerprint density at radius 2 is 2.22 bits per heavy atom. The summed E-state index contributed by atoms with van der Waals surface area (Å²) < 4.78 is 0. The molecule has 1 N–H and O–H groups in total. The number of carbonyl (C=O) groups is 1. The molecule has 0 saturated carbocycles. The number of benzene rings is 1. The summed E-state index contributed by atoms with van der Waals surface area (Å²) in [5.41, 5.74) is 0.864. The summed E-state index contributed by atoms with van der Waals surface area (Å²) in [5, 5.41) is 10.1. The second-order valence-electron chi connectivity index (χ2n) is 5.33. The Bertz CT molecular complexity index is 471. The van der Waals surface area contributed by atoms with Crippen LogP contribution in [0.3, 0.4) is 0 Å². The molecule has 18 heavy (non-hydrogen) atoms. The molecule has 1 atom stereocenters. The number of aliphatic hydroxyl groups is 1. The number of hydrogen-bond donors (Lipinski definition) is 2. The minimum Gasteiger partial charge on any atom is -0.388 e. The molecule has 1 heterocycles. The first-order chi connectivity index (χ1) is 8.39. The fraction of sp³-hybridized carbons (Fsp3) is 0.500. The molecule has 0 bridgehead atoms. The standard InChI is InChI=1S/C14H19NO2S/c1-10-4-5-11(18)8-12(10)13(16)15-7-3-6-14(2,17)9-15/h4-5,8,17-18H,3,6-7,9H2,1-2H3. The number of β-amino-alcohol motifs (C(OH)–C–C–N with tert-alkyl or cyclic N) is 1. The average Bonchev–Trinajstić information content (AvgIpc) is 2.30. The minimum absolute atomic E-state index is 0.0108. The van der Waals surface area contributed by atoms with Gasteiger partial charge in [0.25, 0.3) is 5.91 Å². The van der Waals surface area contributed by atoms with E-state index in [0.29, 0.717) is 18.7 Å². The lowest BCUT2D eigenvalue weighted by molar-refractivity contribution is -0.0107. The highest BCUT2D eigenvalue weighted by molar-refractivity contribution is 7.80. The third kappa shape index (κ3) is 2.87. The van der Waals surface area contributed by atoms with Gasteiger partial charge in [0.2, 0.25) is 0 Å². The van der Waals surface area contributed by atoms with Crippen LogP contribution in [0.1, 0.15) is 35.7 Å². The van der Waals surface area contributed by atoms with Crippen LogP contribution in [-0.4, -0.2) is 34.6 Å². The summed E-state index contributed by atoms with van der Waals surface area (Å²) in [6, 6.07) is 5.57. The van der Waals surface area contributed by atoms with Gasteiger partial charge in [0.05, 0.1) is 5.60 Å². The summed E-state index contributed by atoms with van der Waals surface area (Å²) in [7, 11) is 0. The number of aryl methyl sites for hydroxylation is 1. The van der Waals surface area contributed by atoms with Gasteiger partial charge >= 0.3 is 0 Å². The molecule has 1 aromatic carbocycles.